The van der Waals surface area contributed by atoms with Gasteiger partial charge in [-0.25, -0.2) is 10.8 Å². The zero-order valence-electron chi connectivity index (χ0n) is 10.6. The lowest BCUT2D eigenvalue weighted by atomic mass is 10.2. The number of nitrogens with one attached hydrogen (secondary N) is 2. The molecule has 0 saturated heterocycles. The minimum Gasteiger partial charge on any atom is -0.383 e. The first-order chi connectivity index (χ1) is 9.38. The van der Waals surface area contributed by atoms with Crippen LogP contribution in [0.25, 0.3) is 0 Å². The van der Waals surface area contributed by atoms with E-state index in [1.54, 1.807) is 0 Å². The van der Waals surface area contributed by atoms with Gasteiger partial charge in [0, 0.05) is 12.8 Å². The van der Waals surface area contributed by atoms with Gasteiger partial charge in [-0.1, -0.05) is 11.6 Å². The molecule has 0 atom stereocenters. The van der Waals surface area contributed by atoms with E-state index in [9.17, 15) is 13.2 Å². The Balaban J connectivity index is 2.89. The number of nitrogens with two attached hydrogens (primary N) is 1. The second-order valence-electron chi connectivity index (χ2n) is 3.68. The van der Waals surface area contributed by atoms with Crippen LogP contribution in [0.4, 0.5) is 18.9 Å². The van der Waals surface area contributed by atoms with Gasteiger partial charge in [-0.3, -0.25) is 5.43 Å². The Morgan fingerprint density at radius 2 is 2.15 bits per heavy atom. The number of aliphatic imine (C=N–C) groups is 1. The van der Waals surface area contributed by atoms with Gasteiger partial charge in [0.25, 0.3) is 0 Å². The van der Waals surface area contributed by atoms with E-state index in [2.05, 4.69) is 15.7 Å². The maximum atomic E-state index is 12.7. The minimum atomic E-state index is -4.53. The number of alkyl halides is 3. The van der Waals surface area contributed by atoms with Crippen LogP contribution in [0.1, 0.15) is 5.56 Å². The lowest BCUT2D eigenvalue weighted by Gasteiger charge is -2.13. The van der Waals surface area contributed by atoms with Crippen LogP contribution < -0.4 is 16.6 Å². The van der Waals surface area contributed by atoms with Gasteiger partial charge in [-0.2, -0.15) is 13.2 Å². The molecule has 5 nitrogen and oxygen atoms in total. The van der Waals surface area contributed by atoms with Crippen LogP contribution in [-0.2, 0) is 10.9 Å². The number of hydrazine groups is 1. The van der Waals surface area contributed by atoms with E-state index in [1.807, 2.05) is 0 Å². The number of methoxy groups -OCH3 is 1. The summed E-state index contributed by atoms with van der Waals surface area (Å²) in [6.45, 7) is 0.671. The topological polar surface area (TPSA) is 71.7 Å². The lowest BCUT2D eigenvalue weighted by Crippen LogP contribution is -2.36. The molecular formula is C11H14ClF3N4O. The van der Waals surface area contributed by atoms with Crippen molar-refractivity contribution >= 4 is 23.2 Å². The Bertz CT molecular complexity index is 479. The predicted octanol–water partition coefficient (Wildman–Crippen LogP) is 2.24. The van der Waals surface area contributed by atoms with Crippen LogP contribution in [0.15, 0.2) is 23.2 Å². The van der Waals surface area contributed by atoms with Crippen molar-refractivity contribution in [2.75, 3.05) is 25.6 Å². The van der Waals surface area contributed by atoms with Crippen LogP contribution >= 0.6 is 11.6 Å². The lowest BCUT2D eigenvalue weighted by molar-refractivity contribution is -0.137. The molecular weight excluding hydrogens is 297 g/mol. The van der Waals surface area contributed by atoms with Crippen molar-refractivity contribution < 1.29 is 17.9 Å². The van der Waals surface area contributed by atoms with Gasteiger partial charge in [0.2, 0.25) is 5.96 Å². The Morgan fingerprint density at radius 1 is 1.45 bits per heavy atom. The van der Waals surface area contributed by atoms with E-state index >= 15 is 0 Å². The smallest absolute Gasteiger partial charge is 0.383 e. The summed E-state index contributed by atoms with van der Waals surface area (Å²) in [6.07, 6.45) is -4.53. The molecule has 0 aliphatic rings. The molecule has 4 N–H and O–H groups in total. The first-order valence-electron chi connectivity index (χ1n) is 5.52. The molecule has 0 heterocycles. The summed E-state index contributed by atoms with van der Waals surface area (Å²) in [5.74, 6) is 5.35. The Hall–Kier alpha value is -1.51. The van der Waals surface area contributed by atoms with Gasteiger partial charge < -0.3 is 10.1 Å². The highest BCUT2D eigenvalue weighted by molar-refractivity contribution is 6.31. The van der Waals surface area contributed by atoms with Gasteiger partial charge in [0.05, 0.1) is 23.7 Å². The van der Waals surface area contributed by atoms with Crippen LogP contribution in [0, 0.1) is 0 Å². The SMILES string of the molecule is COCCN=C(NN)Nc1ccc(Cl)c(C(F)(F)F)c1. The number of rotatable bonds is 4. The molecule has 20 heavy (non-hydrogen) atoms. The second kappa shape index (κ2) is 7.32. The monoisotopic (exact) mass is 310 g/mol. The van der Waals surface area contributed by atoms with Gasteiger partial charge in [0.1, 0.15) is 0 Å². The molecule has 0 radical (unpaired) electrons. The first kappa shape index (κ1) is 16.5. The Kier molecular flexibility index (Phi) is 6.05. The highest BCUT2D eigenvalue weighted by Crippen LogP contribution is 2.36. The molecule has 0 aromatic heterocycles. The van der Waals surface area contributed by atoms with Crippen molar-refractivity contribution in [3.63, 3.8) is 0 Å². The number of guanidine groups is 1. The van der Waals surface area contributed by atoms with Crippen molar-refractivity contribution in [2.45, 2.75) is 6.18 Å². The summed E-state index contributed by atoms with van der Waals surface area (Å²) in [7, 11) is 1.51. The van der Waals surface area contributed by atoms with E-state index in [-0.39, 0.29) is 16.7 Å². The van der Waals surface area contributed by atoms with Crippen molar-refractivity contribution in [1.82, 2.24) is 5.43 Å². The summed E-state index contributed by atoms with van der Waals surface area (Å²) < 4.78 is 42.9. The van der Waals surface area contributed by atoms with E-state index in [0.29, 0.717) is 13.2 Å². The fourth-order valence-corrected chi connectivity index (χ4v) is 1.55. The summed E-state index contributed by atoms with van der Waals surface area (Å²) in [6, 6.07) is 3.42. The number of nitrogens with zero attached hydrogens (tertiary/aromatic N) is 1. The first-order valence-corrected chi connectivity index (χ1v) is 5.90. The molecule has 0 saturated carbocycles. The summed E-state index contributed by atoms with van der Waals surface area (Å²) >= 11 is 5.52. The van der Waals surface area contributed by atoms with Crippen molar-refractivity contribution in [3.8, 4) is 0 Å². The standard InChI is InChI=1S/C11H14ClF3N4O/c1-20-5-4-17-10(19-16)18-7-2-3-9(12)8(6-7)11(13,14)15/h2-3,6H,4-5,16H2,1H3,(H2,17,18,19). The third-order valence-electron chi connectivity index (χ3n) is 2.24. The van der Waals surface area contributed by atoms with Gasteiger partial charge in [0.15, 0.2) is 0 Å². The molecule has 0 aliphatic carbocycles. The zero-order chi connectivity index (χ0) is 15.2. The van der Waals surface area contributed by atoms with Crippen molar-refractivity contribution in [1.29, 1.82) is 0 Å². The van der Waals surface area contributed by atoms with Crippen LogP contribution in [0.2, 0.25) is 5.02 Å². The van der Waals surface area contributed by atoms with Crippen molar-refractivity contribution in [3.05, 3.63) is 28.8 Å². The average molecular weight is 311 g/mol. The minimum absolute atomic E-state index is 0.123. The summed E-state index contributed by atoms with van der Waals surface area (Å²) in [5.41, 5.74) is 1.48. The van der Waals surface area contributed by atoms with Crippen LogP contribution in [-0.4, -0.2) is 26.2 Å². The maximum Gasteiger partial charge on any atom is 0.417 e. The van der Waals surface area contributed by atoms with Crippen LogP contribution in [0.3, 0.4) is 0 Å². The third kappa shape index (κ3) is 4.87. The largest absolute Gasteiger partial charge is 0.417 e. The fourth-order valence-electron chi connectivity index (χ4n) is 1.33. The summed E-state index contributed by atoms with van der Waals surface area (Å²) in [5, 5.41) is 2.25. The molecule has 0 bridgehead atoms. The van der Waals surface area contributed by atoms with Gasteiger partial charge in [-0.05, 0) is 18.2 Å². The number of anilines is 1. The summed E-state index contributed by atoms with van der Waals surface area (Å²) in [4.78, 5) is 3.97. The number of hydrogen-bond donors (Lipinski definition) is 3. The number of benzene rings is 1. The molecule has 1 rings (SSSR count). The zero-order valence-corrected chi connectivity index (χ0v) is 11.3. The molecule has 112 valence electrons. The van der Waals surface area contributed by atoms with E-state index in [1.165, 1.54) is 13.2 Å². The number of halogens is 4. The number of ether oxygens (including phenoxy) is 1. The third-order valence-corrected chi connectivity index (χ3v) is 2.57. The van der Waals surface area contributed by atoms with Crippen molar-refractivity contribution in [2.24, 2.45) is 10.8 Å². The maximum absolute atomic E-state index is 12.7. The molecule has 0 aliphatic heterocycles. The number of hydrogen-bond acceptors (Lipinski definition) is 3. The molecule has 9 heteroatoms. The molecule has 1 aromatic carbocycles. The molecule has 0 spiro atoms. The molecule has 0 amide bonds. The van der Waals surface area contributed by atoms with Gasteiger partial charge >= 0.3 is 6.18 Å². The average Bonchev–Trinajstić information content (AvgIpc) is 2.38. The Morgan fingerprint density at radius 3 is 2.70 bits per heavy atom. The van der Waals surface area contributed by atoms with E-state index in [4.69, 9.17) is 22.2 Å². The Labute approximate surface area is 118 Å². The normalized spacial score (nSPS) is 12.4. The quantitative estimate of drug-likeness (QED) is 0.262. The predicted molar refractivity (Wildman–Crippen MR) is 71.6 cm³/mol. The second-order valence-corrected chi connectivity index (χ2v) is 4.09. The highest BCUT2D eigenvalue weighted by Gasteiger charge is 2.33. The van der Waals surface area contributed by atoms with Crippen LogP contribution in [0.5, 0.6) is 0 Å². The molecule has 0 fully saturated rings. The molecule has 1 aromatic rings. The molecule has 0 unspecified atom stereocenters. The fraction of sp³-hybridized carbons (Fsp3) is 0.364. The highest BCUT2D eigenvalue weighted by atomic mass is 35.5. The van der Waals surface area contributed by atoms with E-state index in [0.717, 1.165) is 12.1 Å². The van der Waals surface area contributed by atoms with E-state index < -0.39 is 11.7 Å². The van der Waals surface area contributed by atoms with Gasteiger partial charge in [-0.15, -0.1) is 0 Å².